The Morgan fingerprint density at radius 1 is 0.882 bits per heavy atom. The van der Waals surface area contributed by atoms with Gasteiger partial charge >= 0.3 is 0 Å². The molecular weight excluding hydrogens is 216 g/mol. The fourth-order valence-corrected chi connectivity index (χ4v) is 2.01. The van der Waals surface area contributed by atoms with Gasteiger partial charge in [-0.3, -0.25) is 0 Å². The third-order valence-corrected chi connectivity index (χ3v) is 3.61. The van der Waals surface area contributed by atoms with E-state index >= 15 is 0 Å². The van der Waals surface area contributed by atoms with Crippen LogP contribution >= 0.6 is 0 Å². The Bertz CT molecular complexity index is 170. The molecule has 0 N–H and O–H groups in total. The zero-order valence-electron chi connectivity index (χ0n) is 12.4. The van der Waals surface area contributed by atoms with Crippen molar-refractivity contribution in [3.63, 3.8) is 0 Å². The van der Waals surface area contributed by atoms with E-state index in [9.17, 15) is 0 Å². The molecule has 17 heavy (non-hydrogen) atoms. The molecule has 0 aromatic carbocycles. The van der Waals surface area contributed by atoms with Crippen molar-refractivity contribution in [3.8, 4) is 0 Å². The molecule has 0 aliphatic rings. The Morgan fingerprint density at radius 3 is 1.65 bits per heavy atom. The molecular formula is C14H30O3. The highest BCUT2D eigenvalue weighted by Gasteiger charge is 2.35. The fourth-order valence-electron chi connectivity index (χ4n) is 2.01. The van der Waals surface area contributed by atoms with E-state index in [1.165, 1.54) is 0 Å². The van der Waals surface area contributed by atoms with E-state index in [4.69, 9.17) is 14.2 Å². The highest BCUT2D eigenvalue weighted by atomic mass is 16.5. The van der Waals surface area contributed by atoms with Gasteiger partial charge in [-0.2, -0.15) is 0 Å². The van der Waals surface area contributed by atoms with Gasteiger partial charge in [0.1, 0.15) is 0 Å². The summed E-state index contributed by atoms with van der Waals surface area (Å²) in [6, 6.07) is 0. The first-order chi connectivity index (χ1) is 8.06. The van der Waals surface area contributed by atoms with E-state index in [1.54, 1.807) is 14.2 Å². The molecule has 0 bridgehead atoms. The highest BCUT2D eigenvalue weighted by molar-refractivity contribution is 4.82. The Hall–Kier alpha value is -0.120. The standard InChI is InChI=1S/C14H30O3/c1-7-13(8-2)17-11-14(9-15-5,10-16-6)12(3)4/h12-13H,7-11H2,1-6H3. The lowest BCUT2D eigenvalue weighted by atomic mass is 9.79. The van der Waals surface area contributed by atoms with Crippen LogP contribution in [-0.2, 0) is 14.2 Å². The lowest BCUT2D eigenvalue weighted by Crippen LogP contribution is -2.42. The predicted molar refractivity (Wildman–Crippen MR) is 71.3 cm³/mol. The fraction of sp³-hybridized carbons (Fsp3) is 1.00. The predicted octanol–water partition coefficient (Wildman–Crippen LogP) is 3.13. The van der Waals surface area contributed by atoms with Crippen molar-refractivity contribution >= 4 is 0 Å². The van der Waals surface area contributed by atoms with Gasteiger partial charge in [0.05, 0.1) is 25.9 Å². The lowest BCUT2D eigenvalue weighted by Gasteiger charge is -2.37. The molecule has 104 valence electrons. The highest BCUT2D eigenvalue weighted by Crippen LogP contribution is 2.29. The van der Waals surface area contributed by atoms with Gasteiger partial charge in [0.2, 0.25) is 0 Å². The van der Waals surface area contributed by atoms with Crippen LogP contribution in [0.1, 0.15) is 40.5 Å². The molecule has 0 saturated heterocycles. The lowest BCUT2D eigenvalue weighted by molar-refractivity contribution is -0.0955. The quantitative estimate of drug-likeness (QED) is 0.593. The van der Waals surface area contributed by atoms with Crippen molar-refractivity contribution in [3.05, 3.63) is 0 Å². The molecule has 0 radical (unpaired) electrons. The van der Waals surface area contributed by atoms with E-state index < -0.39 is 0 Å². The zero-order valence-corrected chi connectivity index (χ0v) is 12.4. The molecule has 0 rings (SSSR count). The van der Waals surface area contributed by atoms with Gasteiger partial charge in [0, 0.05) is 19.6 Å². The molecule has 3 heteroatoms. The second kappa shape index (κ2) is 8.90. The smallest absolute Gasteiger partial charge is 0.0572 e. The minimum absolute atomic E-state index is 0.0356. The van der Waals surface area contributed by atoms with Crippen LogP contribution in [0.25, 0.3) is 0 Å². The molecule has 0 saturated carbocycles. The minimum atomic E-state index is -0.0356. The zero-order chi connectivity index (χ0) is 13.3. The third-order valence-electron chi connectivity index (χ3n) is 3.61. The molecule has 0 aromatic rings. The van der Waals surface area contributed by atoms with E-state index in [-0.39, 0.29) is 5.41 Å². The molecule has 0 aromatic heterocycles. The number of rotatable bonds is 10. The van der Waals surface area contributed by atoms with Crippen LogP contribution in [0.5, 0.6) is 0 Å². The molecule has 0 heterocycles. The average Bonchev–Trinajstić information content (AvgIpc) is 2.30. The van der Waals surface area contributed by atoms with Crippen molar-refractivity contribution < 1.29 is 14.2 Å². The molecule has 0 aliphatic carbocycles. The second-order valence-corrected chi connectivity index (χ2v) is 5.13. The van der Waals surface area contributed by atoms with Crippen molar-refractivity contribution in [2.24, 2.45) is 11.3 Å². The molecule has 0 fully saturated rings. The summed E-state index contributed by atoms with van der Waals surface area (Å²) in [4.78, 5) is 0. The second-order valence-electron chi connectivity index (χ2n) is 5.13. The maximum atomic E-state index is 6.01. The first-order valence-electron chi connectivity index (χ1n) is 6.65. The normalized spacial score (nSPS) is 12.7. The summed E-state index contributed by atoms with van der Waals surface area (Å²) >= 11 is 0. The summed E-state index contributed by atoms with van der Waals surface area (Å²) in [6.07, 6.45) is 2.47. The van der Waals surface area contributed by atoms with E-state index in [0.717, 1.165) is 12.8 Å². The summed E-state index contributed by atoms with van der Waals surface area (Å²) in [5.74, 6) is 0.469. The van der Waals surface area contributed by atoms with Crippen LogP contribution in [0.3, 0.4) is 0 Å². The van der Waals surface area contributed by atoms with Gasteiger partial charge in [-0.1, -0.05) is 27.7 Å². The van der Waals surface area contributed by atoms with Crippen LogP contribution in [0.2, 0.25) is 0 Å². The minimum Gasteiger partial charge on any atom is -0.384 e. The van der Waals surface area contributed by atoms with Gasteiger partial charge in [0.15, 0.2) is 0 Å². The van der Waals surface area contributed by atoms with Crippen LogP contribution < -0.4 is 0 Å². The van der Waals surface area contributed by atoms with Gasteiger partial charge in [-0.15, -0.1) is 0 Å². The summed E-state index contributed by atoms with van der Waals surface area (Å²) < 4.78 is 16.7. The van der Waals surface area contributed by atoms with Crippen LogP contribution in [0.15, 0.2) is 0 Å². The van der Waals surface area contributed by atoms with E-state index in [0.29, 0.717) is 31.8 Å². The Morgan fingerprint density at radius 2 is 1.35 bits per heavy atom. The molecule has 0 unspecified atom stereocenters. The average molecular weight is 246 g/mol. The van der Waals surface area contributed by atoms with Crippen LogP contribution in [0.4, 0.5) is 0 Å². The number of ether oxygens (including phenoxy) is 3. The summed E-state index contributed by atoms with van der Waals surface area (Å²) in [7, 11) is 3.48. The Labute approximate surface area is 107 Å². The van der Waals surface area contributed by atoms with E-state index in [1.807, 2.05) is 0 Å². The third kappa shape index (κ3) is 5.36. The molecule has 0 atom stereocenters. The molecule has 0 spiro atoms. The van der Waals surface area contributed by atoms with Crippen molar-refractivity contribution in [2.45, 2.75) is 46.6 Å². The summed E-state index contributed by atoms with van der Waals surface area (Å²) in [5.41, 5.74) is -0.0356. The van der Waals surface area contributed by atoms with Crippen molar-refractivity contribution in [1.29, 1.82) is 0 Å². The van der Waals surface area contributed by atoms with Gasteiger partial charge in [0.25, 0.3) is 0 Å². The maximum absolute atomic E-state index is 6.01. The summed E-state index contributed by atoms with van der Waals surface area (Å²) in [5, 5.41) is 0. The first-order valence-corrected chi connectivity index (χ1v) is 6.65. The maximum Gasteiger partial charge on any atom is 0.0572 e. The Kier molecular flexibility index (Phi) is 8.83. The van der Waals surface area contributed by atoms with E-state index in [2.05, 4.69) is 27.7 Å². The topological polar surface area (TPSA) is 27.7 Å². The van der Waals surface area contributed by atoms with Crippen molar-refractivity contribution in [1.82, 2.24) is 0 Å². The number of methoxy groups -OCH3 is 2. The first kappa shape index (κ1) is 16.9. The van der Waals surface area contributed by atoms with Gasteiger partial charge in [-0.25, -0.2) is 0 Å². The SMILES string of the molecule is CCC(CC)OCC(COC)(COC)C(C)C. The largest absolute Gasteiger partial charge is 0.384 e. The summed E-state index contributed by atoms with van der Waals surface area (Å²) in [6.45, 7) is 10.8. The van der Waals surface area contributed by atoms with Crippen LogP contribution in [0, 0.1) is 11.3 Å². The number of hydrogen-bond acceptors (Lipinski definition) is 3. The number of hydrogen-bond donors (Lipinski definition) is 0. The molecule has 3 nitrogen and oxygen atoms in total. The van der Waals surface area contributed by atoms with Gasteiger partial charge in [-0.05, 0) is 18.8 Å². The molecule has 0 aliphatic heterocycles. The van der Waals surface area contributed by atoms with Gasteiger partial charge < -0.3 is 14.2 Å². The molecule has 0 amide bonds. The van der Waals surface area contributed by atoms with Crippen molar-refractivity contribution in [2.75, 3.05) is 34.0 Å². The monoisotopic (exact) mass is 246 g/mol. The Balaban J connectivity index is 4.54. The van der Waals surface area contributed by atoms with Crippen LogP contribution in [-0.4, -0.2) is 40.1 Å².